The molecule has 20 heavy (non-hydrogen) atoms. The minimum atomic E-state index is -0.275. The average Bonchev–Trinajstić information content (AvgIpc) is 2.49. The first kappa shape index (κ1) is 13.0. The fourth-order valence-electron chi connectivity index (χ4n) is 2.68. The molecule has 0 amide bonds. The topological polar surface area (TPSA) is 37.8 Å². The van der Waals surface area contributed by atoms with Crippen LogP contribution in [-0.4, -0.2) is 16.5 Å². The molecule has 0 radical (unpaired) electrons. The molecule has 3 nitrogen and oxygen atoms in total. The monoisotopic (exact) mass is 271 g/mol. The van der Waals surface area contributed by atoms with Gasteiger partial charge in [-0.2, -0.15) is 0 Å². The second-order valence-electron chi connectivity index (χ2n) is 5.14. The van der Waals surface area contributed by atoms with E-state index in [1.54, 1.807) is 12.1 Å². The Labute approximate surface area is 117 Å². The molecule has 1 aromatic heterocycles. The van der Waals surface area contributed by atoms with Gasteiger partial charge in [0, 0.05) is 6.54 Å². The molecule has 0 saturated carbocycles. The smallest absolute Gasteiger partial charge is 0.140 e. The summed E-state index contributed by atoms with van der Waals surface area (Å²) in [6.45, 7) is 0.784. The van der Waals surface area contributed by atoms with E-state index < -0.39 is 0 Å². The van der Waals surface area contributed by atoms with E-state index in [1.165, 1.54) is 43.7 Å². The van der Waals surface area contributed by atoms with E-state index in [9.17, 15) is 4.39 Å². The van der Waals surface area contributed by atoms with Crippen molar-refractivity contribution in [3.8, 4) is 0 Å². The molecule has 2 aromatic rings. The van der Waals surface area contributed by atoms with Gasteiger partial charge in [0.15, 0.2) is 0 Å². The Morgan fingerprint density at radius 1 is 1.20 bits per heavy atom. The van der Waals surface area contributed by atoms with E-state index in [4.69, 9.17) is 0 Å². The maximum absolute atomic E-state index is 13.9. The van der Waals surface area contributed by atoms with Crippen molar-refractivity contribution in [1.82, 2.24) is 9.97 Å². The number of halogens is 1. The molecule has 3 rings (SSSR count). The molecule has 0 spiro atoms. The summed E-state index contributed by atoms with van der Waals surface area (Å²) >= 11 is 0. The fraction of sp³-hybridized carbons (Fsp3) is 0.375. The van der Waals surface area contributed by atoms with Crippen molar-refractivity contribution in [2.75, 3.05) is 11.9 Å². The number of hydrogen-bond donors (Lipinski definition) is 1. The summed E-state index contributed by atoms with van der Waals surface area (Å²) in [5, 5.41) is 3.72. The second kappa shape index (κ2) is 5.99. The Hall–Kier alpha value is -1.97. The Morgan fingerprint density at radius 2 is 2.15 bits per heavy atom. The first-order chi connectivity index (χ1) is 9.84. The van der Waals surface area contributed by atoms with Crippen LogP contribution in [-0.2, 0) is 0 Å². The molecule has 0 aliphatic heterocycles. The molecule has 0 bridgehead atoms. The predicted octanol–water partition coefficient (Wildman–Crippen LogP) is 4.07. The van der Waals surface area contributed by atoms with Gasteiger partial charge >= 0.3 is 0 Å². The van der Waals surface area contributed by atoms with Crippen molar-refractivity contribution in [2.24, 2.45) is 0 Å². The first-order valence-corrected chi connectivity index (χ1v) is 7.15. The van der Waals surface area contributed by atoms with Gasteiger partial charge in [0.1, 0.15) is 18.0 Å². The van der Waals surface area contributed by atoms with Gasteiger partial charge in [-0.05, 0) is 44.2 Å². The van der Waals surface area contributed by atoms with Crippen molar-refractivity contribution >= 4 is 16.7 Å². The summed E-state index contributed by atoms with van der Waals surface area (Å²) in [7, 11) is 0. The lowest BCUT2D eigenvalue weighted by Gasteiger charge is -2.13. The normalized spacial score (nSPS) is 15.2. The van der Waals surface area contributed by atoms with E-state index in [0.717, 1.165) is 13.0 Å². The average molecular weight is 271 g/mol. The van der Waals surface area contributed by atoms with Crippen LogP contribution in [0.15, 0.2) is 36.2 Å². The van der Waals surface area contributed by atoms with E-state index in [-0.39, 0.29) is 5.82 Å². The van der Waals surface area contributed by atoms with Gasteiger partial charge < -0.3 is 5.32 Å². The van der Waals surface area contributed by atoms with Gasteiger partial charge in [0.05, 0.1) is 10.9 Å². The molecule has 0 saturated heterocycles. The van der Waals surface area contributed by atoms with Crippen LogP contribution >= 0.6 is 0 Å². The molecule has 0 atom stereocenters. The Kier molecular flexibility index (Phi) is 3.90. The molecular weight excluding hydrogens is 253 g/mol. The van der Waals surface area contributed by atoms with E-state index in [2.05, 4.69) is 21.4 Å². The van der Waals surface area contributed by atoms with Crippen LogP contribution in [0.1, 0.15) is 32.1 Å². The van der Waals surface area contributed by atoms with Crippen LogP contribution in [0.4, 0.5) is 10.2 Å². The van der Waals surface area contributed by atoms with Crippen molar-refractivity contribution in [3.63, 3.8) is 0 Å². The Balaban J connectivity index is 1.73. The number of hydrogen-bond acceptors (Lipinski definition) is 3. The van der Waals surface area contributed by atoms with E-state index in [1.807, 2.05) is 0 Å². The summed E-state index contributed by atoms with van der Waals surface area (Å²) in [6.07, 6.45) is 9.80. The highest BCUT2D eigenvalue weighted by Gasteiger charge is 2.09. The standard InChI is InChI=1S/C16H18FN3/c17-13-7-4-8-14-15(13)16(20-11-19-14)18-10-9-12-5-2-1-3-6-12/h4-5,7-8,11H,1-3,6,9-10H2,(H,18,19,20). The lowest BCUT2D eigenvalue weighted by atomic mass is 9.97. The fourth-order valence-corrected chi connectivity index (χ4v) is 2.68. The molecule has 4 heteroatoms. The van der Waals surface area contributed by atoms with Crippen LogP contribution in [0.25, 0.3) is 10.9 Å². The zero-order valence-corrected chi connectivity index (χ0v) is 11.4. The minimum absolute atomic E-state index is 0.275. The molecule has 1 aliphatic carbocycles. The number of benzene rings is 1. The van der Waals surface area contributed by atoms with Crippen LogP contribution in [0.3, 0.4) is 0 Å². The highest BCUT2D eigenvalue weighted by molar-refractivity contribution is 5.89. The van der Waals surface area contributed by atoms with Crippen molar-refractivity contribution in [2.45, 2.75) is 32.1 Å². The third-order valence-electron chi connectivity index (χ3n) is 3.74. The van der Waals surface area contributed by atoms with Crippen molar-refractivity contribution in [1.29, 1.82) is 0 Å². The largest absolute Gasteiger partial charge is 0.369 e. The van der Waals surface area contributed by atoms with Gasteiger partial charge in [-0.1, -0.05) is 17.7 Å². The number of nitrogens with one attached hydrogen (secondary N) is 1. The molecule has 0 unspecified atom stereocenters. The third kappa shape index (κ3) is 2.79. The van der Waals surface area contributed by atoms with Gasteiger partial charge in [0.2, 0.25) is 0 Å². The summed E-state index contributed by atoms with van der Waals surface area (Å²) < 4.78 is 13.9. The van der Waals surface area contributed by atoms with Crippen molar-refractivity contribution in [3.05, 3.63) is 42.0 Å². The molecular formula is C16H18FN3. The number of rotatable bonds is 4. The zero-order valence-electron chi connectivity index (χ0n) is 11.4. The SMILES string of the molecule is Fc1cccc2ncnc(NCCC3=CCCCC3)c12. The maximum atomic E-state index is 13.9. The lowest BCUT2D eigenvalue weighted by molar-refractivity contribution is 0.639. The van der Waals surface area contributed by atoms with Crippen LogP contribution in [0.2, 0.25) is 0 Å². The van der Waals surface area contributed by atoms with Crippen LogP contribution in [0, 0.1) is 5.82 Å². The first-order valence-electron chi connectivity index (χ1n) is 7.15. The number of aromatic nitrogens is 2. The second-order valence-corrected chi connectivity index (χ2v) is 5.14. The quantitative estimate of drug-likeness (QED) is 0.852. The molecule has 1 aromatic carbocycles. The van der Waals surface area contributed by atoms with Crippen LogP contribution < -0.4 is 5.32 Å². The molecule has 1 aliphatic rings. The number of fused-ring (bicyclic) bond motifs is 1. The maximum Gasteiger partial charge on any atom is 0.140 e. The summed E-state index contributed by atoms with van der Waals surface area (Å²) in [5.74, 6) is 0.312. The number of nitrogens with zero attached hydrogens (tertiary/aromatic N) is 2. The Bertz CT molecular complexity index is 631. The highest BCUT2D eigenvalue weighted by Crippen LogP contribution is 2.23. The van der Waals surface area contributed by atoms with E-state index in [0.29, 0.717) is 16.7 Å². The van der Waals surface area contributed by atoms with Gasteiger partial charge in [-0.25, -0.2) is 14.4 Å². The summed E-state index contributed by atoms with van der Waals surface area (Å²) in [6, 6.07) is 4.91. The lowest BCUT2D eigenvalue weighted by Crippen LogP contribution is -2.07. The van der Waals surface area contributed by atoms with Crippen LogP contribution in [0.5, 0.6) is 0 Å². The third-order valence-corrected chi connectivity index (χ3v) is 3.74. The van der Waals surface area contributed by atoms with Gasteiger partial charge in [-0.3, -0.25) is 0 Å². The van der Waals surface area contributed by atoms with Gasteiger partial charge in [-0.15, -0.1) is 0 Å². The molecule has 104 valence electrons. The zero-order chi connectivity index (χ0) is 13.8. The molecule has 1 heterocycles. The number of anilines is 1. The Morgan fingerprint density at radius 3 is 3.00 bits per heavy atom. The summed E-state index contributed by atoms with van der Waals surface area (Å²) in [4.78, 5) is 8.27. The van der Waals surface area contributed by atoms with Gasteiger partial charge in [0.25, 0.3) is 0 Å². The van der Waals surface area contributed by atoms with E-state index >= 15 is 0 Å². The van der Waals surface area contributed by atoms with Crippen molar-refractivity contribution < 1.29 is 4.39 Å². The molecule has 0 fully saturated rings. The summed E-state index contributed by atoms with van der Waals surface area (Å²) in [5.41, 5.74) is 2.14. The number of allylic oxidation sites excluding steroid dienone is 1. The predicted molar refractivity (Wildman–Crippen MR) is 79.2 cm³/mol. The highest BCUT2D eigenvalue weighted by atomic mass is 19.1. The molecule has 1 N–H and O–H groups in total. The minimum Gasteiger partial charge on any atom is -0.369 e.